The Morgan fingerprint density at radius 1 is 0.960 bits per heavy atom. The number of ether oxygens (including phenoxy) is 2. The second-order valence-corrected chi connectivity index (χ2v) is 7.13. The maximum Gasteiger partial charge on any atom is 0.220 e. The highest BCUT2D eigenvalue weighted by atomic mass is 16.5. The molecule has 0 heterocycles. The van der Waals surface area contributed by atoms with E-state index in [9.17, 15) is 9.59 Å². The van der Waals surface area contributed by atoms with Crippen LogP contribution in [0.1, 0.15) is 39.2 Å². The van der Waals surface area contributed by atoms with Gasteiger partial charge in [-0.2, -0.15) is 0 Å². The van der Waals surface area contributed by atoms with Gasteiger partial charge in [0.15, 0.2) is 11.5 Å². The van der Waals surface area contributed by atoms with Crippen LogP contribution in [-0.4, -0.2) is 39.1 Å². The predicted molar refractivity (Wildman–Crippen MR) is 98.0 cm³/mol. The van der Waals surface area contributed by atoms with E-state index < -0.39 is 0 Å². The Labute approximate surface area is 150 Å². The number of hydrogen-bond acceptors (Lipinski definition) is 4. The molecule has 0 atom stereocenters. The van der Waals surface area contributed by atoms with Crippen LogP contribution in [0.15, 0.2) is 18.2 Å². The Morgan fingerprint density at radius 3 is 2.12 bits per heavy atom. The topological polar surface area (TPSA) is 76.7 Å². The third kappa shape index (κ3) is 8.42. The van der Waals surface area contributed by atoms with Crippen molar-refractivity contribution in [1.29, 1.82) is 0 Å². The van der Waals surface area contributed by atoms with Crippen LogP contribution in [0.25, 0.3) is 0 Å². The molecule has 140 valence electrons. The summed E-state index contributed by atoms with van der Waals surface area (Å²) in [6, 6.07) is 5.62. The minimum absolute atomic E-state index is 0.00655. The zero-order chi connectivity index (χ0) is 18.9. The summed E-state index contributed by atoms with van der Waals surface area (Å²) in [5.74, 6) is 1.29. The molecule has 2 amide bonds. The zero-order valence-electron chi connectivity index (χ0n) is 15.9. The molecule has 6 heteroatoms. The average molecular weight is 350 g/mol. The number of carbonyl (C=O) groups excluding carboxylic acids is 2. The maximum absolute atomic E-state index is 11.9. The van der Waals surface area contributed by atoms with E-state index in [2.05, 4.69) is 10.6 Å². The van der Waals surface area contributed by atoms with Gasteiger partial charge >= 0.3 is 0 Å². The summed E-state index contributed by atoms with van der Waals surface area (Å²) < 4.78 is 10.4. The van der Waals surface area contributed by atoms with Crippen molar-refractivity contribution in [3.63, 3.8) is 0 Å². The first-order valence-electron chi connectivity index (χ1n) is 8.49. The lowest BCUT2D eigenvalue weighted by molar-refractivity contribution is -0.124. The lowest BCUT2D eigenvalue weighted by Crippen LogP contribution is -2.36. The van der Waals surface area contributed by atoms with Crippen LogP contribution >= 0.6 is 0 Å². The number of benzene rings is 1. The molecular weight excluding hydrogens is 320 g/mol. The van der Waals surface area contributed by atoms with E-state index in [1.165, 1.54) is 0 Å². The normalized spacial score (nSPS) is 10.9. The monoisotopic (exact) mass is 350 g/mol. The minimum Gasteiger partial charge on any atom is -0.493 e. The van der Waals surface area contributed by atoms with Gasteiger partial charge in [-0.15, -0.1) is 0 Å². The Bertz CT molecular complexity index is 579. The van der Waals surface area contributed by atoms with Gasteiger partial charge in [-0.25, -0.2) is 0 Å². The standard InChI is InChI=1S/C19H30N2O4/c1-19(2,3)13-18(23)21-11-10-20-17(22)9-7-14-6-8-15(24-4)16(12-14)25-5/h6,8,12H,7,9-11,13H2,1-5H3,(H,20,22)(H,21,23). The molecular formula is C19H30N2O4. The van der Waals surface area contributed by atoms with Crippen LogP contribution in [0.4, 0.5) is 0 Å². The number of carbonyl (C=O) groups is 2. The lowest BCUT2D eigenvalue weighted by Gasteiger charge is -2.17. The molecule has 25 heavy (non-hydrogen) atoms. The van der Waals surface area contributed by atoms with Gasteiger partial charge in [-0.3, -0.25) is 9.59 Å². The van der Waals surface area contributed by atoms with Crippen LogP contribution in [0.2, 0.25) is 0 Å². The van der Waals surface area contributed by atoms with Crippen molar-refractivity contribution in [2.45, 2.75) is 40.0 Å². The van der Waals surface area contributed by atoms with E-state index in [1.54, 1.807) is 14.2 Å². The van der Waals surface area contributed by atoms with Gasteiger partial charge in [0.25, 0.3) is 0 Å². The van der Waals surface area contributed by atoms with Gasteiger partial charge in [-0.1, -0.05) is 26.8 Å². The quantitative estimate of drug-likeness (QED) is 0.670. The van der Waals surface area contributed by atoms with Gasteiger partial charge in [0.1, 0.15) is 0 Å². The third-order valence-corrected chi connectivity index (χ3v) is 3.55. The summed E-state index contributed by atoms with van der Waals surface area (Å²) in [5.41, 5.74) is 0.971. The van der Waals surface area contributed by atoms with Crippen molar-refractivity contribution in [3.8, 4) is 11.5 Å². The largest absolute Gasteiger partial charge is 0.493 e. The maximum atomic E-state index is 11.9. The number of hydrogen-bond donors (Lipinski definition) is 2. The Kier molecular flexibility index (Phi) is 8.25. The summed E-state index contributed by atoms with van der Waals surface area (Å²) in [6.45, 7) is 6.92. The summed E-state index contributed by atoms with van der Waals surface area (Å²) in [5, 5.41) is 5.62. The average Bonchev–Trinajstić information content (AvgIpc) is 2.55. The molecule has 0 radical (unpaired) electrons. The third-order valence-electron chi connectivity index (χ3n) is 3.55. The predicted octanol–water partition coefficient (Wildman–Crippen LogP) is 2.30. The molecule has 1 aromatic rings. The van der Waals surface area contributed by atoms with E-state index in [0.29, 0.717) is 43.9 Å². The molecule has 0 spiro atoms. The summed E-state index contributed by atoms with van der Waals surface area (Å²) >= 11 is 0. The van der Waals surface area contributed by atoms with Crippen LogP contribution < -0.4 is 20.1 Å². The van der Waals surface area contributed by atoms with Crippen molar-refractivity contribution in [2.24, 2.45) is 5.41 Å². The van der Waals surface area contributed by atoms with Crippen molar-refractivity contribution < 1.29 is 19.1 Å². The highest BCUT2D eigenvalue weighted by Gasteiger charge is 2.15. The molecule has 0 fully saturated rings. The number of aryl methyl sites for hydroxylation is 1. The van der Waals surface area contributed by atoms with E-state index >= 15 is 0 Å². The SMILES string of the molecule is COc1ccc(CCC(=O)NCCNC(=O)CC(C)(C)C)cc1OC. The molecule has 0 aliphatic rings. The summed E-state index contributed by atoms with van der Waals surface area (Å²) in [6.07, 6.45) is 1.47. The minimum atomic E-state index is -0.0418. The Balaban J connectivity index is 2.28. The molecule has 0 aliphatic heterocycles. The number of rotatable bonds is 9. The van der Waals surface area contributed by atoms with Crippen molar-refractivity contribution in [1.82, 2.24) is 10.6 Å². The van der Waals surface area contributed by atoms with Gasteiger partial charge < -0.3 is 20.1 Å². The number of amides is 2. The second kappa shape index (κ2) is 9.91. The van der Waals surface area contributed by atoms with E-state index in [-0.39, 0.29) is 17.2 Å². The molecule has 0 unspecified atom stereocenters. The smallest absolute Gasteiger partial charge is 0.220 e. The van der Waals surface area contributed by atoms with Gasteiger partial charge in [-0.05, 0) is 29.5 Å². The zero-order valence-corrected chi connectivity index (χ0v) is 15.9. The fourth-order valence-electron chi connectivity index (χ4n) is 2.33. The van der Waals surface area contributed by atoms with Crippen molar-refractivity contribution in [2.75, 3.05) is 27.3 Å². The molecule has 0 bridgehead atoms. The molecule has 0 saturated carbocycles. The Morgan fingerprint density at radius 2 is 1.56 bits per heavy atom. The van der Waals surface area contributed by atoms with E-state index in [4.69, 9.17) is 9.47 Å². The number of nitrogens with one attached hydrogen (secondary N) is 2. The summed E-state index contributed by atoms with van der Waals surface area (Å²) in [7, 11) is 3.17. The van der Waals surface area contributed by atoms with Crippen molar-refractivity contribution in [3.05, 3.63) is 23.8 Å². The second-order valence-electron chi connectivity index (χ2n) is 7.13. The van der Waals surface area contributed by atoms with Gasteiger partial charge in [0, 0.05) is 25.9 Å². The van der Waals surface area contributed by atoms with E-state index in [1.807, 2.05) is 39.0 Å². The first kappa shape index (κ1) is 20.8. The van der Waals surface area contributed by atoms with Crippen LogP contribution in [0, 0.1) is 5.41 Å². The highest BCUT2D eigenvalue weighted by molar-refractivity contribution is 5.77. The molecule has 0 aliphatic carbocycles. The van der Waals surface area contributed by atoms with Gasteiger partial charge in [0.2, 0.25) is 11.8 Å². The highest BCUT2D eigenvalue weighted by Crippen LogP contribution is 2.27. The molecule has 6 nitrogen and oxygen atoms in total. The molecule has 2 N–H and O–H groups in total. The molecule has 0 saturated heterocycles. The Hall–Kier alpha value is -2.24. The fraction of sp³-hybridized carbons (Fsp3) is 0.579. The molecule has 1 aromatic carbocycles. The number of methoxy groups -OCH3 is 2. The lowest BCUT2D eigenvalue weighted by atomic mass is 9.92. The first-order chi connectivity index (χ1) is 11.7. The summed E-state index contributed by atoms with van der Waals surface area (Å²) in [4.78, 5) is 23.6. The van der Waals surface area contributed by atoms with Crippen LogP contribution in [-0.2, 0) is 16.0 Å². The van der Waals surface area contributed by atoms with Crippen LogP contribution in [0.5, 0.6) is 11.5 Å². The van der Waals surface area contributed by atoms with Crippen LogP contribution in [0.3, 0.4) is 0 Å². The van der Waals surface area contributed by atoms with Crippen molar-refractivity contribution >= 4 is 11.8 Å². The van der Waals surface area contributed by atoms with E-state index in [0.717, 1.165) is 5.56 Å². The van der Waals surface area contributed by atoms with Gasteiger partial charge in [0.05, 0.1) is 14.2 Å². The first-order valence-corrected chi connectivity index (χ1v) is 8.49. The fourth-order valence-corrected chi connectivity index (χ4v) is 2.33. The molecule has 1 rings (SSSR count). The molecule has 0 aromatic heterocycles.